The molecule has 0 unspecified atom stereocenters. The summed E-state index contributed by atoms with van der Waals surface area (Å²) in [7, 11) is 3.39. The van der Waals surface area contributed by atoms with Crippen LogP contribution in [0.3, 0.4) is 0 Å². The van der Waals surface area contributed by atoms with Crippen molar-refractivity contribution in [3.05, 3.63) is 53.2 Å². The SMILES string of the molecule is COCc1ccc2ncn(C)c2c1CNC(=O)c1cnc(OC(F)F)c(F)c1. The lowest BCUT2D eigenvalue weighted by Gasteiger charge is -2.13. The molecule has 0 radical (unpaired) electrons. The van der Waals surface area contributed by atoms with Gasteiger partial charge in [-0.05, 0) is 17.7 Å². The van der Waals surface area contributed by atoms with E-state index in [0.717, 1.165) is 34.4 Å². The van der Waals surface area contributed by atoms with E-state index >= 15 is 0 Å². The van der Waals surface area contributed by atoms with Gasteiger partial charge in [-0.1, -0.05) is 6.07 Å². The molecule has 0 bridgehead atoms. The Labute approximate surface area is 158 Å². The number of aromatic nitrogens is 3. The van der Waals surface area contributed by atoms with Crippen molar-refractivity contribution in [3.8, 4) is 5.88 Å². The zero-order valence-electron chi connectivity index (χ0n) is 15.1. The molecule has 0 aliphatic heterocycles. The highest BCUT2D eigenvalue weighted by molar-refractivity contribution is 5.94. The summed E-state index contributed by atoms with van der Waals surface area (Å²) in [5.41, 5.74) is 3.14. The van der Waals surface area contributed by atoms with Gasteiger partial charge in [-0.3, -0.25) is 4.79 Å². The van der Waals surface area contributed by atoms with E-state index < -0.39 is 24.2 Å². The Kier molecular flexibility index (Phi) is 5.78. The van der Waals surface area contributed by atoms with Crippen molar-refractivity contribution in [2.24, 2.45) is 7.05 Å². The summed E-state index contributed by atoms with van der Waals surface area (Å²) in [6, 6.07) is 4.51. The highest BCUT2D eigenvalue weighted by Crippen LogP contribution is 2.23. The molecule has 0 saturated carbocycles. The van der Waals surface area contributed by atoms with Crippen LogP contribution in [0, 0.1) is 5.82 Å². The normalized spacial score (nSPS) is 11.2. The predicted octanol–water partition coefficient (Wildman–Crippen LogP) is 2.79. The molecule has 0 aliphatic rings. The maximum atomic E-state index is 13.8. The van der Waals surface area contributed by atoms with E-state index in [1.54, 1.807) is 13.4 Å². The number of fused-ring (bicyclic) bond motifs is 1. The number of rotatable bonds is 7. The molecule has 10 heteroatoms. The Morgan fingerprint density at radius 2 is 2.11 bits per heavy atom. The molecule has 2 heterocycles. The number of imidazole rings is 1. The second kappa shape index (κ2) is 8.26. The van der Waals surface area contributed by atoms with Crippen molar-refractivity contribution in [1.82, 2.24) is 19.9 Å². The molecule has 0 atom stereocenters. The van der Waals surface area contributed by atoms with E-state index in [1.807, 2.05) is 23.7 Å². The zero-order valence-corrected chi connectivity index (χ0v) is 15.1. The standard InChI is InChI=1S/C18H17F3N4O3/c1-25-9-24-14-4-3-10(8-27-2)12(15(14)25)7-22-16(26)11-5-13(19)17(23-6-11)28-18(20)21/h3-6,9,18H,7-8H2,1-2H3,(H,22,26). The summed E-state index contributed by atoms with van der Waals surface area (Å²) in [6.07, 6.45) is 2.63. The van der Waals surface area contributed by atoms with Gasteiger partial charge in [0.25, 0.3) is 11.8 Å². The maximum absolute atomic E-state index is 13.8. The monoisotopic (exact) mass is 394 g/mol. The lowest BCUT2D eigenvalue weighted by Crippen LogP contribution is -2.24. The van der Waals surface area contributed by atoms with Crippen molar-refractivity contribution in [3.63, 3.8) is 0 Å². The van der Waals surface area contributed by atoms with Gasteiger partial charge in [0, 0.05) is 32.5 Å². The number of ether oxygens (including phenoxy) is 2. The molecule has 1 amide bonds. The van der Waals surface area contributed by atoms with Gasteiger partial charge < -0.3 is 19.4 Å². The maximum Gasteiger partial charge on any atom is 0.388 e. The fourth-order valence-electron chi connectivity index (χ4n) is 2.85. The van der Waals surface area contributed by atoms with Crippen molar-refractivity contribution in [2.75, 3.05) is 7.11 Å². The predicted molar refractivity (Wildman–Crippen MR) is 93.4 cm³/mol. The summed E-state index contributed by atoms with van der Waals surface area (Å²) in [6.45, 7) is -2.74. The van der Waals surface area contributed by atoms with Gasteiger partial charge in [-0.15, -0.1) is 0 Å². The van der Waals surface area contributed by atoms with Crippen LogP contribution in [0.5, 0.6) is 5.88 Å². The average molecular weight is 394 g/mol. The molecular weight excluding hydrogens is 377 g/mol. The first-order chi connectivity index (χ1) is 13.4. The number of carbonyl (C=O) groups excluding carboxylic acids is 1. The Morgan fingerprint density at radius 1 is 1.32 bits per heavy atom. The van der Waals surface area contributed by atoms with Crippen LogP contribution >= 0.6 is 0 Å². The average Bonchev–Trinajstić information content (AvgIpc) is 3.03. The molecule has 2 aromatic heterocycles. The third kappa shape index (κ3) is 4.06. The van der Waals surface area contributed by atoms with Gasteiger partial charge in [0.2, 0.25) is 0 Å². The Hall–Kier alpha value is -3.14. The molecule has 3 rings (SSSR count). The number of amides is 1. The molecule has 28 heavy (non-hydrogen) atoms. The number of nitrogens with one attached hydrogen (secondary N) is 1. The van der Waals surface area contributed by atoms with Crippen molar-refractivity contribution >= 4 is 16.9 Å². The quantitative estimate of drug-likeness (QED) is 0.667. The van der Waals surface area contributed by atoms with E-state index in [1.165, 1.54) is 0 Å². The van der Waals surface area contributed by atoms with Gasteiger partial charge in [-0.2, -0.15) is 8.78 Å². The molecule has 1 N–H and O–H groups in total. The van der Waals surface area contributed by atoms with Gasteiger partial charge in [-0.25, -0.2) is 14.4 Å². The summed E-state index contributed by atoms with van der Waals surface area (Å²) < 4.78 is 49.1. The minimum Gasteiger partial charge on any atom is -0.414 e. The highest BCUT2D eigenvalue weighted by Gasteiger charge is 2.17. The van der Waals surface area contributed by atoms with Gasteiger partial charge in [0.05, 0.1) is 29.5 Å². The number of aryl methyl sites for hydroxylation is 1. The molecule has 0 saturated heterocycles. The highest BCUT2D eigenvalue weighted by atomic mass is 19.3. The lowest BCUT2D eigenvalue weighted by atomic mass is 10.1. The molecule has 3 aromatic rings. The number of carbonyl (C=O) groups is 1. The zero-order chi connectivity index (χ0) is 20.3. The first-order valence-corrected chi connectivity index (χ1v) is 8.20. The molecular formula is C18H17F3N4O3. The van der Waals surface area contributed by atoms with E-state index in [4.69, 9.17) is 4.74 Å². The second-order valence-corrected chi connectivity index (χ2v) is 5.93. The first kappa shape index (κ1) is 19.6. The third-order valence-corrected chi connectivity index (χ3v) is 4.08. The molecule has 148 valence electrons. The molecule has 0 aliphatic carbocycles. The van der Waals surface area contributed by atoms with Gasteiger partial charge in [0.1, 0.15) is 0 Å². The van der Waals surface area contributed by atoms with E-state index in [0.29, 0.717) is 6.61 Å². The number of methoxy groups -OCH3 is 1. The summed E-state index contributed by atoms with van der Waals surface area (Å²) in [5.74, 6) is -2.63. The van der Waals surface area contributed by atoms with Crippen LogP contribution in [-0.4, -0.2) is 34.2 Å². The first-order valence-electron chi connectivity index (χ1n) is 8.20. The molecule has 0 fully saturated rings. The van der Waals surface area contributed by atoms with Crippen LogP contribution in [0.25, 0.3) is 11.0 Å². The summed E-state index contributed by atoms with van der Waals surface area (Å²) >= 11 is 0. The number of hydrogen-bond acceptors (Lipinski definition) is 5. The van der Waals surface area contributed by atoms with E-state index in [2.05, 4.69) is 20.0 Å². The van der Waals surface area contributed by atoms with Crippen LogP contribution in [0.1, 0.15) is 21.5 Å². The Morgan fingerprint density at radius 3 is 2.79 bits per heavy atom. The van der Waals surface area contributed by atoms with Crippen LogP contribution in [0.2, 0.25) is 0 Å². The Bertz CT molecular complexity index is 1010. The van der Waals surface area contributed by atoms with Crippen LogP contribution in [-0.2, 0) is 24.9 Å². The number of alkyl halides is 2. The van der Waals surface area contributed by atoms with Crippen LogP contribution in [0.4, 0.5) is 13.2 Å². The molecule has 1 aromatic carbocycles. The molecule has 0 spiro atoms. The summed E-state index contributed by atoms with van der Waals surface area (Å²) in [5, 5.41) is 2.68. The van der Waals surface area contributed by atoms with E-state index in [-0.39, 0.29) is 12.1 Å². The van der Waals surface area contributed by atoms with Crippen molar-refractivity contribution < 1.29 is 27.4 Å². The number of hydrogen-bond donors (Lipinski definition) is 1. The van der Waals surface area contributed by atoms with Gasteiger partial charge in [0.15, 0.2) is 5.82 Å². The number of halogens is 3. The smallest absolute Gasteiger partial charge is 0.388 e. The van der Waals surface area contributed by atoms with Crippen molar-refractivity contribution in [1.29, 1.82) is 0 Å². The fourth-order valence-corrected chi connectivity index (χ4v) is 2.85. The summed E-state index contributed by atoms with van der Waals surface area (Å²) in [4.78, 5) is 20.1. The van der Waals surface area contributed by atoms with Crippen LogP contribution < -0.4 is 10.1 Å². The van der Waals surface area contributed by atoms with Crippen LogP contribution in [0.15, 0.2) is 30.7 Å². The van der Waals surface area contributed by atoms with Crippen molar-refractivity contribution in [2.45, 2.75) is 19.8 Å². The number of pyridine rings is 1. The third-order valence-electron chi connectivity index (χ3n) is 4.08. The lowest BCUT2D eigenvalue weighted by molar-refractivity contribution is -0.0553. The largest absolute Gasteiger partial charge is 0.414 e. The topological polar surface area (TPSA) is 78.3 Å². The van der Waals surface area contributed by atoms with Gasteiger partial charge >= 0.3 is 6.61 Å². The minimum atomic E-state index is -3.21. The Balaban J connectivity index is 1.82. The van der Waals surface area contributed by atoms with E-state index in [9.17, 15) is 18.0 Å². The second-order valence-electron chi connectivity index (χ2n) is 5.93. The minimum absolute atomic E-state index is 0.121. The number of nitrogens with zero attached hydrogens (tertiary/aromatic N) is 3. The fraction of sp³-hybridized carbons (Fsp3) is 0.278. The number of benzene rings is 1. The molecule has 7 nitrogen and oxygen atoms in total.